The van der Waals surface area contributed by atoms with Crippen LogP contribution in [0.5, 0.6) is 0 Å². The number of aliphatic hydroxyl groups is 5. The Labute approximate surface area is 394 Å². The summed E-state index contributed by atoms with van der Waals surface area (Å²) < 4.78 is 33.6. The second-order valence-corrected chi connectivity index (χ2v) is 20.1. The van der Waals surface area contributed by atoms with Crippen molar-refractivity contribution < 1.29 is 63.1 Å². The summed E-state index contributed by atoms with van der Waals surface area (Å²) in [4.78, 5) is 35.8. The van der Waals surface area contributed by atoms with Crippen molar-refractivity contribution in [1.82, 2.24) is 0 Å². The van der Waals surface area contributed by atoms with E-state index in [2.05, 4.69) is 26.0 Å². The zero-order valence-electron chi connectivity index (χ0n) is 41.1. The Bertz CT molecular complexity index is 1190. The fraction of sp³-hybridized carbons (Fsp3) is 0.922. The van der Waals surface area contributed by atoms with E-state index in [0.717, 1.165) is 44.9 Å². The Morgan fingerprint density at radius 2 is 0.785 bits per heavy atom. The van der Waals surface area contributed by atoms with Gasteiger partial charge in [-0.3, -0.25) is 18.6 Å². The van der Waals surface area contributed by atoms with Crippen LogP contribution >= 0.6 is 7.82 Å². The first-order valence-electron chi connectivity index (χ1n) is 26.5. The predicted octanol–water partition coefficient (Wildman–Crippen LogP) is 11.4. The topological polar surface area (TPSA) is 210 Å². The molecular formula is C51H97O13P. The molecule has 1 aliphatic rings. The Balaban J connectivity index is 2.36. The van der Waals surface area contributed by atoms with Gasteiger partial charge < -0.3 is 39.9 Å². The summed E-state index contributed by atoms with van der Waals surface area (Å²) in [5.74, 6) is -1.10. The lowest BCUT2D eigenvalue weighted by atomic mass is 9.85. The fourth-order valence-electron chi connectivity index (χ4n) is 8.34. The molecule has 0 saturated heterocycles. The Morgan fingerprint density at radius 1 is 0.462 bits per heavy atom. The lowest BCUT2D eigenvalue weighted by molar-refractivity contribution is -0.220. The first-order chi connectivity index (χ1) is 31.4. The van der Waals surface area contributed by atoms with E-state index in [4.69, 9.17) is 18.5 Å². The number of rotatable bonds is 45. The van der Waals surface area contributed by atoms with Crippen LogP contribution in [0.3, 0.4) is 0 Å². The van der Waals surface area contributed by atoms with Crippen molar-refractivity contribution in [1.29, 1.82) is 0 Å². The normalized spacial score (nSPS) is 21.4. The van der Waals surface area contributed by atoms with Gasteiger partial charge in [-0.1, -0.05) is 206 Å². The number of phosphoric ester groups is 1. The zero-order valence-corrected chi connectivity index (χ0v) is 41.9. The minimum atomic E-state index is -5.12. The second kappa shape index (κ2) is 41.6. The van der Waals surface area contributed by atoms with Crippen molar-refractivity contribution >= 4 is 19.8 Å². The fourth-order valence-corrected chi connectivity index (χ4v) is 9.32. The smallest absolute Gasteiger partial charge is 0.462 e. The number of esters is 2. The summed E-state index contributed by atoms with van der Waals surface area (Å²) in [5, 5.41) is 50.3. The van der Waals surface area contributed by atoms with Crippen molar-refractivity contribution in [2.75, 3.05) is 13.2 Å². The van der Waals surface area contributed by atoms with Crippen LogP contribution in [0.25, 0.3) is 0 Å². The molecule has 0 bridgehead atoms. The molecule has 0 aromatic carbocycles. The minimum Gasteiger partial charge on any atom is -0.462 e. The molecule has 0 radical (unpaired) electrons. The van der Waals surface area contributed by atoms with E-state index in [1.165, 1.54) is 161 Å². The maximum atomic E-state index is 12.8. The molecule has 0 heterocycles. The summed E-state index contributed by atoms with van der Waals surface area (Å²) in [6.45, 7) is 3.33. The van der Waals surface area contributed by atoms with Crippen molar-refractivity contribution in [2.45, 2.75) is 288 Å². The third-order valence-electron chi connectivity index (χ3n) is 12.6. The molecule has 8 atom stereocenters. The van der Waals surface area contributed by atoms with Crippen molar-refractivity contribution in [3.05, 3.63) is 12.2 Å². The van der Waals surface area contributed by atoms with E-state index in [-0.39, 0.29) is 12.8 Å². The molecule has 13 nitrogen and oxygen atoms in total. The van der Waals surface area contributed by atoms with Crippen LogP contribution < -0.4 is 0 Å². The third-order valence-corrected chi connectivity index (χ3v) is 13.6. The van der Waals surface area contributed by atoms with Crippen molar-refractivity contribution in [3.63, 3.8) is 0 Å². The largest absolute Gasteiger partial charge is 0.472 e. The van der Waals surface area contributed by atoms with Crippen molar-refractivity contribution in [3.8, 4) is 0 Å². The molecule has 1 aliphatic carbocycles. The van der Waals surface area contributed by atoms with Crippen LogP contribution in [0.4, 0.5) is 0 Å². The maximum Gasteiger partial charge on any atom is 0.472 e. The monoisotopic (exact) mass is 949 g/mol. The molecule has 1 fully saturated rings. The van der Waals surface area contributed by atoms with E-state index in [1.807, 2.05) is 0 Å². The molecule has 1 rings (SSSR count). The van der Waals surface area contributed by atoms with E-state index < -0.39 is 75.7 Å². The highest BCUT2D eigenvalue weighted by Crippen LogP contribution is 2.47. The maximum absolute atomic E-state index is 12.8. The molecule has 0 aromatic rings. The molecule has 65 heavy (non-hydrogen) atoms. The van der Waals surface area contributed by atoms with Crippen molar-refractivity contribution in [2.24, 2.45) is 0 Å². The highest BCUT2D eigenvalue weighted by molar-refractivity contribution is 7.47. The quantitative estimate of drug-likeness (QED) is 0.0145. The van der Waals surface area contributed by atoms with Gasteiger partial charge in [0.2, 0.25) is 0 Å². The Kier molecular flexibility index (Phi) is 39.4. The highest BCUT2D eigenvalue weighted by atomic mass is 31.2. The van der Waals surface area contributed by atoms with Crippen LogP contribution in [-0.2, 0) is 32.7 Å². The van der Waals surface area contributed by atoms with Gasteiger partial charge >= 0.3 is 19.8 Å². The molecule has 0 aliphatic heterocycles. The number of carbonyl (C=O) groups is 2. The summed E-state index contributed by atoms with van der Waals surface area (Å²) in [7, 11) is -5.12. The van der Waals surface area contributed by atoms with Gasteiger partial charge in [0.15, 0.2) is 6.10 Å². The number of hydrogen-bond donors (Lipinski definition) is 6. The summed E-state index contributed by atoms with van der Waals surface area (Å²) in [5.41, 5.74) is 0. The molecule has 0 amide bonds. The van der Waals surface area contributed by atoms with Gasteiger partial charge in [0.25, 0.3) is 0 Å². The van der Waals surface area contributed by atoms with Crippen LogP contribution in [0.15, 0.2) is 12.2 Å². The van der Waals surface area contributed by atoms with Crippen LogP contribution in [-0.4, -0.2) is 98.3 Å². The molecule has 1 saturated carbocycles. The number of phosphoric acid groups is 1. The van der Waals surface area contributed by atoms with E-state index in [0.29, 0.717) is 12.8 Å². The van der Waals surface area contributed by atoms with Gasteiger partial charge in [-0.15, -0.1) is 0 Å². The van der Waals surface area contributed by atoms with Gasteiger partial charge in [-0.05, 0) is 38.5 Å². The van der Waals surface area contributed by atoms with Gasteiger partial charge in [-0.2, -0.15) is 0 Å². The predicted molar refractivity (Wildman–Crippen MR) is 258 cm³/mol. The van der Waals surface area contributed by atoms with Crippen LogP contribution in [0.2, 0.25) is 0 Å². The average Bonchev–Trinajstić information content (AvgIpc) is 3.29. The zero-order chi connectivity index (χ0) is 47.8. The summed E-state index contributed by atoms with van der Waals surface area (Å²) in [6.07, 6.45) is 32.7. The lowest BCUT2D eigenvalue weighted by Crippen LogP contribution is -2.64. The molecule has 14 heteroatoms. The first kappa shape index (κ1) is 61.6. The first-order valence-corrected chi connectivity index (χ1v) is 28.0. The Morgan fingerprint density at radius 3 is 1.18 bits per heavy atom. The number of unbranched alkanes of at least 4 members (excludes halogenated alkanes) is 31. The molecule has 6 N–H and O–H groups in total. The van der Waals surface area contributed by atoms with Crippen LogP contribution in [0.1, 0.15) is 245 Å². The molecule has 6 unspecified atom stereocenters. The number of hydrogen-bond acceptors (Lipinski definition) is 12. The van der Waals surface area contributed by atoms with Crippen LogP contribution in [0, 0.1) is 0 Å². The number of allylic oxidation sites excluding steroid dienone is 2. The van der Waals surface area contributed by atoms with Gasteiger partial charge in [-0.25, -0.2) is 4.57 Å². The molecular weight excluding hydrogens is 852 g/mol. The van der Waals surface area contributed by atoms with E-state index in [9.17, 15) is 44.6 Å². The standard InChI is InChI=1S/C51H97O13P/c1-3-5-7-9-11-13-15-17-19-20-21-22-23-24-26-27-29-31-33-35-37-39-44(52)61-41-43(42-62-65(59,60)64-51-49(57)47(55)46(54)48(56)50(51)58)63-45(53)40-38-36-34-32-30-28-25-18-16-14-12-10-8-6-4-2/h28,30,43,46-51,54-58H,3-27,29,31-42H2,1-2H3,(H,59,60)/b30-28+/t43-,46?,47-,48?,49?,50?,51?/m0/s1. The van der Waals surface area contributed by atoms with E-state index >= 15 is 0 Å². The van der Waals surface area contributed by atoms with Gasteiger partial charge in [0, 0.05) is 12.8 Å². The van der Waals surface area contributed by atoms with E-state index in [1.54, 1.807) is 0 Å². The summed E-state index contributed by atoms with van der Waals surface area (Å²) >= 11 is 0. The third kappa shape index (κ3) is 33.7. The molecule has 0 aromatic heterocycles. The highest BCUT2D eigenvalue weighted by Gasteiger charge is 2.51. The second-order valence-electron chi connectivity index (χ2n) is 18.7. The van der Waals surface area contributed by atoms with Gasteiger partial charge in [0.05, 0.1) is 6.61 Å². The SMILES string of the molecule is CCCCCCCCCC/C=C/CCCCCC(=O)O[C@@H](COC(=O)CCCCCCCCCCCCCCCCCCCCCCC)COP(=O)(O)OC1C(O)C(O)C(O)[C@H](O)C1O. The Hall–Kier alpha value is -1.41. The number of aliphatic hydroxyl groups excluding tert-OH is 5. The number of carbonyl (C=O) groups excluding carboxylic acids is 2. The molecule has 384 valence electrons. The average molecular weight is 949 g/mol. The minimum absolute atomic E-state index is 0.0811. The lowest BCUT2D eigenvalue weighted by Gasteiger charge is -2.41. The summed E-state index contributed by atoms with van der Waals surface area (Å²) in [6, 6.07) is 0. The number of ether oxygens (including phenoxy) is 2. The molecule has 0 spiro atoms. The van der Waals surface area contributed by atoms with Gasteiger partial charge in [0.1, 0.15) is 43.2 Å².